The van der Waals surface area contributed by atoms with E-state index in [1.807, 2.05) is 24.3 Å². The minimum atomic E-state index is -0.221. The molecule has 0 unspecified atom stereocenters. The van der Waals surface area contributed by atoms with Gasteiger partial charge < -0.3 is 5.32 Å². The molecule has 1 aliphatic heterocycles. The monoisotopic (exact) mass is 383 g/mol. The SMILES string of the molecule is O=C(Nc1ccc(Br)cc1)c1ccc2c(=O)n3c(nc2c1)CCC3. The minimum Gasteiger partial charge on any atom is -0.322 e. The van der Waals surface area contributed by atoms with Crippen LogP contribution in [-0.2, 0) is 13.0 Å². The van der Waals surface area contributed by atoms with Gasteiger partial charge in [0.05, 0.1) is 10.9 Å². The zero-order valence-electron chi connectivity index (χ0n) is 12.8. The lowest BCUT2D eigenvalue weighted by Crippen LogP contribution is -2.21. The van der Waals surface area contributed by atoms with Crippen molar-refractivity contribution in [1.29, 1.82) is 0 Å². The van der Waals surface area contributed by atoms with Crippen LogP contribution < -0.4 is 10.9 Å². The molecule has 1 amide bonds. The van der Waals surface area contributed by atoms with Crippen LogP contribution in [0.3, 0.4) is 0 Å². The first-order valence-corrected chi connectivity index (χ1v) is 8.51. The molecular weight excluding hydrogens is 370 g/mol. The zero-order valence-corrected chi connectivity index (χ0v) is 14.3. The second-order valence-corrected chi connectivity index (χ2v) is 6.70. The number of hydrogen-bond donors (Lipinski definition) is 1. The van der Waals surface area contributed by atoms with Crippen LogP contribution >= 0.6 is 15.9 Å². The predicted molar refractivity (Wildman–Crippen MR) is 96.4 cm³/mol. The molecule has 1 aliphatic rings. The van der Waals surface area contributed by atoms with Gasteiger partial charge in [0.1, 0.15) is 5.82 Å². The molecule has 24 heavy (non-hydrogen) atoms. The smallest absolute Gasteiger partial charge is 0.261 e. The molecule has 120 valence electrons. The molecule has 1 N–H and O–H groups in total. The van der Waals surface area contributed by atoms with Gasteiger partial charge in [0.25, 0.3) is 11.5 Å². The van der Waals surface area contributed by atoms with Crippen molar-refractivity contribution in [2.45, 2.75) is 19.4 Å². The number of amides is 1. The highest BCUT2D eigenvalue weighted by Crippen LogP contribution is 2.18. The Kier molecular flexibility index (Phi) is 3.69. The zero-order chi connectivity index (χ0) is 16.7. The van der Waals surface area contributed by atoms with E-state index in [1.54, 1.807) is 22.8 Å². The molecule has 0 saturated carbocycles. The molecule has 0 fully saturated rings. The summed E-state index contributed by atoms with van der Waals surface area (Å²) in [5.74, 6) is 0.583. The Bertz CT molecular complexity index is 1010. The Morgan fingerprint density at radius 2 is 1.96 bits per heavy atom. The van der Waals surface area contributed by atoms with Gasteiger partial charge in [-0.05, 0) is 48.9 Å². The number of halogens is 1. The Morgan fingerprint density at radius 1 is 1.17 bits per heavy atom. The fraction of sp³-hybridized carbons (Fsp3) is 0.167. The van der Waals surface area contributed by atoms with Crippen LogP contribution in [0.1, 0.15) is 22.6 Å². The quantitative estimate of drug-likeness (QED) is 0.737. The first-order chi connectivity index (χ1) is 11.6. The highest BCUT2D eigenvalue weighted by atomic mass is 79.9. The number of hydrogen-bond acceptors (Lipinski definition) is 3. The van der Waals surface area contributed by atoms with Crippen LogP contribution in [0.15, 0.2) is 51.7 Å². The van der Waals surface area contributed by atoms with Gasteiger partial charge in [-0.3, -0.25) is 14.2 Å². The van der Waals surface area contributed by atoms with Crippen LogP contribution in [0.4, 0.5) is 5.69 Å². The molecule has 5 nitrogen and oxygen atoms in total. The topological polar surface area (TPSA) is 64.0 Å². The van der Waals surface area contributed by atoms with Crippen molar-refractivity contribution in [3.8, 4) is 0 Å². The summed E-state index contributed by atoms with van der Waals surface area (Å²) in [5, 5.41) is 3.40. The number of carbonyl (C=O) groups excluding carboxylic acids is 1. The van der Waals surface area contributed by atoms with Crippen LogP contribution in [0.25, 0.3) is 10.9 Å². The molecule has 2 heterocycles. The summed E-state index contributed by atoms with van der Waals surface area (Å²) in [5.41, 5.74) is 1.76. The molecule has 6 heteroatoms. The van der Waals surface area contributed by atoms with Gasteiger partial charge in [0.15, 0.2) is 0 Å². The summed E-state index contributed by atoms with van der Waals surface area (Å²) in [4.78, 5) is 29.4. The Morgan fingerprint density at radius 3 is 2.75 bits per heavy atom. The van der Waals surface area contributed by atoms with E-state index in [-0.39, 0.29) is 11.5 Å². The summed E-state index contributed by atoms with van der Waals surface area (Å²) >= 11 is 3.36. The number of aromatic nitrogens is 2. The van der Waals surface area contributed by atoms with Crippen molar-refractivity contribution in [2.75, 3.05) is 5.32 Å². The van der Waals surface area contributed by atoms with Crippen molar-refractivity contribution in [2.24, 2.45) is 0 Å². The average molecular weight is 384 g/mol. The first kappa shape index (κ1) is 15.1. The maximum absolute atomic E-state index is 12.4. The lowest BCUT2D eigenvalue weighted by Gasteiger charge is -2.08. The predicted octanol–water partition coefficient (Wildman–Crippen LogP) is 3.36. The average Bonchev–Trinajstić information content (AvgIpc) is 3.05. The van der Waals surface area contributed by atoms with Gasteiger partial charge in [-0.15, -0.1) is 0 Å². The van der Waals surface area contributed by atoms with Gasteiger partial charge in [0.2, 0.25) is 0 Å². The Balaban J connectivity index is 1.69. The van der Waals surface area contributed by atoms with E-state index in [1.165, 1.54) is 0 Å². The Labute approximate surface area is 146 Å². The summed E-state index contributed by atoms with van der Waals surface area (Å²) in [6, 6.07) is 12.4. The van der Waals surface area contributed by atoms with E-state index in [0.717, 1.165) is 29.7 Å². The second-order valence-electron chi connectivity index (χ2n) is 5.78. The van der Waals surface area contributed by atoms with Crippen molar-refractivity contribution >= 4 is 38.4 Å². The number of benzene rings is 2. The van der Waals surface area contributed by atoms with Crippen molar-refractivity contribution < 1.29 is 4.79 Å². The summed E-state index contributed by atoms with van der Waals surface area (Å²) in [7, 11) is 0. The summed E-state index contributed by atoms with van der Waals surface area (Å²) in [6.45, 7) is 0.725. The molecule has 2 aromatic carbocycles. The van der Waals surface area contributed by atoms with Crippen molar-refractivity contribution in [3.05, 3.63) is 68.7 Å². The number of anilines is 1. The molecule has 0 spiro atoms. The molecule has 1 aromatic heterocycles. The standard InChI is InChI=1S/C18H14BrN3O2/c19-12-4-6-13(7-5-12)20-17(23)11-3-8-14-15(10-11)21-16-2-1-9-22(16)18(14)24/h3-8,10H,1-2,9H2,(H,20,23). The van der Waals surface area contributed by atoms with E-state index in [9.17, 15) is 9.59 Å². The molecule has 0 saturated heterocycles. The normalized spacial score (nSPS) is 13.0. The molecule has 0 bridgehead atoms. The molecular formula is C18H14BrN3O2. The van der Waals surface area contributed by atoms with Gasteiger partial charge in [0, 0.05) is 28.7 Å². The molecule has 0 atom stereocenters. The minimum absolute atomic E-state index is 0.0210. The number of nitrogens with one attached hydrogen (secondary N) is 1. The lowest BCUT2D eigenvalue weighted by molar-refractivity contribution is 0.102. The first-order valence-electron chi connectivity index (χ1n) is 7.72. The maximum atomic E-state index is 12.4. The fourth-order valence-corrected chi connectivity index (χ4v) is 3.23. The van der Waals surface area contributed by atoms with E-state index >= 15 is 0 Å². The number of nitrogens with zero attached hydrogens (tertiary/aromatic N) is 2. The highest BCUT2D eigenvalue weighted by Gasteiger charge is 2.17. The van der Waals surface area contributed by atoms with E-state index < -0.39 is 0 Å². The third-order valence-corrected chi connectivity index (χ3v) is 4.71. The van der Waals surface area contributed by atoms with Crippen LogP contribution in [0, 0.1) is 0 Å². The lowest BCUT2D eigenvalue weighted by atomic mass is 10.1. The van der Waals surface area contributed by atoms with E-state index in [2.05, 4.69) is 26.2 Å². The van der Waals surface area contributed by atoms with Gasteiger partial charge in [-0.2, -0.15) is 0 Å². The fourth-order valence-electron chi connectivity index (χ4n) is 2.96. The maximum Gasteiger partial charge on any atom is 0.261 e. The van der Waals surface area contributed by atoms with Gasteiger partial charge in [-0.25, -0.2) is 4.98 Å². The summed E-state index contributed by atoms with van der Waals surface area (Å²) in [6.07, 6.45) is 1.75. The van der Waals surface area contributed by atoms with E-state index in [0.29, 0.717) is 22.2 Å². The summed E-state index contributed by atoms with van der Waals surface area (Å²) < 4.78 is 2.67. The Hall–Kier alpha value is -2.47. The number of carbonyl (C=O) groups is 1. The molecule has 3 aromatic rings. The van der Waals surface area contributed by atoms with Gasteiger partial charge >= 0.3 is 0 Å². The highest BCUT2D eigenvalue weighted by molar-refractivity contribution is 9.10. The van der Waals surface area contributed by atoms with Crippen LogP contribution in [0.5, 0.6) is 0 Å². The van der Waals surface area contributed by atoms with Crippen LogP contribution in [-0.4, -0.2) is 15.5 Å². The molecule has 0 aliphatic carbocycles. The van der Waals surface area contributed by atoms with Crippen molar-refractivity contribution in [1.82, 2.24) is 9.55 Å². The number of fused-ring (bicyclic) bond motifs is 2. The number of rotatable bonds is 2. The second kappa shape index (κ2) is 5.87. The largest absolute Gasteiger partial charge is 0.322 e. The third-order valence-electron chi connectivity index (χ3n) is 4.18. The van der Waals surface area contributed by atoms with Crippen molar-refractivity contribution in [3.63, 3.8) is 0 Å². The third kappa shape index (κ3) is 2.63. The van der Waals surface area contributed by atoms with Crippen LogP contribution in [0.2, 0.25) is 0 Å². The molecule has 0 radical (unpaired) electrons. The number of aryl methyl sites for hydroxylation is 1. The van der Waals surface area contributed by atoms with Gasteiger partial charge in [-0.1, -0.05) is 15.9 Å². The van der Waals surface area contributed by atoms with E-state index in [4.69, 9.17) is 0 Å². The molecule has 4 rings (SSSR count).